The third kappa shape index (κ3) is 3.70. The van der Waals surface area contributed by atoms with Crippen molar-refractivity contribution in [3.63, 3.8) is 0 Å². The summed E-state index contributed by atoms with van der Waals surface area (Å²) in [6.45, 7) is 4.81. The highest BCUT2D eigenvalue weighted by molar-refractivity contribution is 7.18. The van der Waals surface area contributed by atoms with Gasteiger partial charge in [0.1, 0.15) is 16.5 Å². The smallest absolute Gasteiger partial charge is 0.159 e. The van der Waals surface area contributed by atoms with Gasteiger partial charge in [-0.05, 0) is 43.5 Å². The van der Waals surface area contributed by atoms with Crippen molar-refractivity contribution in [1.29, 1.82) is 0 Å². The third-order valence-electron chi connectivity index (χ3n) is 3.80. The van der Waals surface area contributed by atoms with Gasteiger partial charge < -0.3 is 5.32 Å². The Labute approximate surface area is 143 Å². The van der Waals surface area contributed by atoms with Crippen LogP contribution in [0.4, 0.5) is 14.6 Å². The first kappa shape index (κ1) is 16.8. The van der Waals surface area contributed by atoms with Crippen LogP contribution in [0.2, 0.25) is 0 Å². The number of rotatable bonds is 6. The van der Waals surface area contributed by atoms with Gasteiger partial charge in [0, 0.05) is 17.8 Å². The van der Waals surface area contributed by atoms with Crippen LogP contribution in [-0.4, -0.2) is 16.5 Å². The van der Waals surface area contributed by atoms with E-state index < -0.39 is 11.6 Å². The Bertz CT molecular complexity index is 861. The van der Waals surface area contributed by atoms with Crippen LogP contribution in [0.5, 0.6) is 0 Å². The summed E-state index contributed by atoms with van der Waals surface area (Å²) >= 11 is 1.67. The molecule has 0 saturated heterocycles. The second kappa shape index (κ2) is 7.21. The zero-order valence-electron chi connectivity index (χ0n) is 13.7. The lowest BCUT2D eigenvalue weighted by Crippen LogP contribution is -2.07. The molecule has 2 aromatic heterocycles. The lowest BCUT2D eigenvalue weighted by atomic mass is 10.1. The van der Waals surface area contributed by atoms with Crippen molar-refractivity contribution in [2.75, 3.05) is 11.9 Å². The molecule has 0 fully saturated rings. The molecule has 1 aromatic carbocycles. The molecular weight excluding hydrogens is 328 g/mol. The predicted octanol–water partition coefficient (Wildman–Crippen LogP) is 4.89. The van der Waals surface area contributed by atoms with E-state index in [0.29, 0.717) is 13.0 Å². The number of anilines is 1. The molecule has 0 bridgehead atoms. The fourth-order valence-electron chi connectivity index (χ4n) is 2.57. The average molecular weight is 347 g/mol. The molecule has 0 aliphatic heterocycles. The van der Waals surface area contributed by atoms with E-state index in [2.05, 4.69) is 28.3 Å². The van der Waals surface area contributed by atoms with E-state index >= 15 is 0 Å². The Morgan fingerprint density at radius 1 is 1.12 bits per heavy atom. The first-order valence-electron chi connectivity index (χ1n) is 8.01. The highest BCUT2D eigenvalue weighted by Crippen LogP contribution is 2.28. The van der Waals surface area contributed by atoms with Gasteiger partial charge in [-0.25, -0.2) is 18.7 Å². The van der Waals surface area contributed by atoms with Crippen molar-refractivity contribution < 1.29 is 8.78 Å². The predicted molar refractivity (Wildman–Crippen MR) is 94.7 cm³/mol. The van der Waals surface area contributed by atoms with E-state index in [0.717, 1.165) is 40.3 Å². The van der Waals surface area contributed by atoms with Crippen LogP contribution in [0.15, 0.2) is 24.3 Å². The van der Waals surface area contributed by atoms with Gasteiger partial charge in [-0.1, -0.05) is 13.0 Å². The topological polar surface area (TPSA) is 37.8 Å². The lowest BCUT2D eigenvalue weighted by Gasteiger charge is -2.08. The quantitative estimate of drug-likeness (QED) is 0.646. The minimum atomic E-state index is -0.805. The number of benzene rings is 1. The SMILES string of the molecule is CCc1nc(NCCCc2ccc(F)c(F)c2)c2cc(C)sc2n1. The lowest BCUT2D eigenvalue weighted by molar-refractivity contribution is 0.507. The van der Waals surface area contributed by atoms with Crippen LogP contribution in [0, 0.1) is 18.6 Å². The van der Waals surface area contributed by atoms with E-state index in [4.69, 9.17) is 0 Å². The molecule has 1 N–H and O–H groups in total. The number of aryl methyl sites for hydroxylation is 3. The Kier molecular flexibility index (Phi) is 5.04. The van der Waals surface area contributed by atoms with Crippen LogP contribution in [0.1, 0.15) is 29.6 Å². The second-order valence-corrected chi connectivity index (χ2v) is 6.93. The maximum absolute atomic E-state index is 13.2. The molecule has 0 saturated carbocycles. The molecule has 2 heterocycles. The summed E-state index contributed by atoms with van der Waals surface area (Å²) in [5, 5.41) is 4.40. The zero-order chi connectivity index (χ0) is 17.1. The summed E-state index contributed by atoms with van der Waals surface area (Å²) in [5.41, 5.74) is 0.796. The highest BCUT2D eigenvalue weighted by Gasteiger charge is 2.09. The first-order chi connectivity index (χ1) is 11.6. The Balaban J connectivity index is 1.66. The van der Waals surface area contributed by atoms with Crippen LogP contribution < -0.4 is 5.32 Å². The van der Waals surface area contributed by atoms with Crippen molar-refractivity contribution in [1.82, 2.24) is 9.97 Å². The van der Waals surface area contributed by atoms with Gasteiger partial charge in [-0.15, -0.1) is 11.3 Å². The molecule has 0 aliphatic rings. The number of fused-ring (bicyclic) bond motifs is 1. The number of nitrogens with one attached hydrogen (secondary N) is 1. The summed E-state index contributed by atoms with van der Waals surface area (Å²) in [6.07, 6.45) is 2.28. The Morgan fingerprint density at radius 2 is 1.96 bits per heavy atom. The Hall–Kier alpha value is -2.08. The number of thiophene rings is 1. The standard InChI is InChI=1S/C18H19F2N3S/c1-3-16-22-17(13-9-11(2)24-18(13)23-16)21-8-4-5-12-6-7-14(19)15(20)10-12/h6-7,9-10H,3-5,8H2,1-2H3,(H,21,22,23). The van der Waals surface area contributed by atoms with Gasteiger partial charge in [-0.2, -0.15) is 0 Å². The molecule has 0 spiro atoms. The fraction of sp³-hybridized carbons (Fsp3) is 0.333. The summed E-state index contributed by atoms with van der Waals surface area (Å²) in [4.78, 5) is 11.3. The van der Waals surface area contributed by atoms with E-state index in [9.17, 15) is 8.78 Å². The number of nitrogens with zero attached hydrogens (tertiary/aromatic N) is 2. The van der Waals surface area contributed by atoms with Gasteiger partial charge in [0.15, 0.2) is 11.6 Å². The number of halogens is 2. The summed E-state index contributed by atoms with van der Waals surface area (Å²) < 4.78 is 26.1. The van der Waals surface area contributed by atoms with Gasteiger partial charge in [-0.3, -0.25) is 0 Å². The maximum Gasteiger partial charge on any atom is 0.159 e. The number of hydrogen-bond donors (Lipinski definition) is 1. The van der Waals surface area contributed by atoms with Crippen molar-refractivity contribution >= 4 is 27.4 Å². The van der Waals surface area contributed by atoms with Gasteiger partial charge in [0.2, 0.25) is 0 Å². The normalized spacial score (nSPS) is 11.2. The van der Waals surface area contributed by atoms with Gasteiger partial charge >= 0.3 is 0 Å². The van der Waals surface area contributed by atoms with E-state index in [1.807, 2.05) is 6.92 Å². The molecular formula is C18H19F2N3S. The molecule has 0 aliphatic carbocycles. The first-order valence-corrected chi connectivity index (χ1v) is 8.83. The second-order valence-electron chi connectivity index (χ2n) is 5.70. The molecule has 0 radical (unpaired) electrons. The maximum atomic E-state index is 13.2. The van der Waals surface area contributed by atoms with E-state index in [1.165, 1.54) is 17.0 Å². The van der Waals surface area contributed by atoms with E-state index in [-0.39, 0.29) is 0 Å². The van der Waals surface area contributed by atoms with E-state index in [1.54, 1.807) is 17.4 Å². The minimum Gasteiger partial charge on any atom is -0.369 e. The van der Waals surface area contributed by atoms with Crippen molar-refractivity contribution in [2.45, 2.75) is 33.1 Å². The van der Waals surface area contributed by atoms with Crippen molar-refractivity contribution in [3.05, 3.63) is 52.2 Å². The van der Waals surface area contributed by atoms with Crippen LogP contribution in [0.3, 0.4) is 0 Å². The zero-order valence-corrected chi connectivity index (χ0v) is 14.5. The Morgan fingerprint density at radius 3 is 2.71 bits per heavy atom. The summed E-state index contributed by atoms with van der Waals surface area (Å²) in [7, 11) is 0. The average Bonchev–Trinajstić information content (AvgIpc) is 2.94. The molecule has 0 amide bonds. The largest absolute Gasteiger partial charge is 0.369 e. The molecule has 3 aromatic rings. The van der Waals surface area contributed by atoms with Crippen LogP contribution in [0.25, 0.3) is 10.2 Å². The van der Waals surface area contributed by atoms with Crippen molar-refractivity contribution in [2.24, 2.45) is 0 Å². The molecule has 24 heavy (non-hydrogen) atoms. The number of aromatic nitrogens is 2. The third-order valence-corrected chi connectivity index (χ3v) is 4.74. The molecule has 3 rings (SSSR count). The molecule has 0 unspecified atom stereocenters. The summed E-state index contributed by atoms with van der Waals surface area (Å²) in [5.74, 6) is 0.0819. The van der Waals surface area contributed by atoms with Crippen LogP contribution >= 0.6 is 11.3 Å². The molecule has 6 heteroatoms. The molecule has 3 nitrogen and oxygen atoms in total. The minimum absolute atomic E-state index is 0.682. The van der Waals surface area contributed by atoms with Crippen molar-refractivity contribution in [3.8, 4) is 0 Å². The number of hydrogen-bond acceptors (Lipinski definition) is 4. The van der Waals surface area contributed by atoms with Crippen LogP contribution in [-0.2, 0) is 12.8 Å². The monoisotopic (exact) mass is 347 g/mol. The fourth-order valence-corrected chi connectivity index (χ4v) is 3.47. The van der Waals surface area contributed by atoms with Gasteiger partial charge in [0.05, 0.1) is 5.39 Å². The molecule has 126 valence electrons. The molecule has 0 atom stereocenters. The van der Waals surface area contributed by atoms with Gasteiger partial charge in [0.25, 0.3) is 0 Å². The highest BCUT2D eigenvalue weighted by atomic mass is 32.1. The summed E-state index contributed by atoms with van der Waals surface area (Å²) in [6, 6.07) is 6.15.